The first-order chi connectivity index (χ1) is 8.29. The number of carbonyl (C=O) groups is 1. The second kappa shape index (κ2) is 5.25. The molecule has 1 heterocycles. The molecule has 0 amide bonds. The van der Waals surface area contributed by atoms with E-state index >= 15 is 0 Å². The zero-order valence-corrected chi connectivity index (χ0v) is 9.54. The van der Waals surface area contributed by atoms with Crippen LogP contribution < -0.4 is 0 Å². The number of hydrogen-bond acceptors (Lipinski definition) is 4. The van der Waals surface area contributed by atoms with Crippen LogP contribution in [0.4, 0.5) is 0 Å². The molecule has 1 aromatic heterocycles. The van der Waals surface area contributed by atoms with E-state index in [0.29, 0.717) is 18.7 Å². The molecule has 5 nitrogen and oxygen atoms in total. The zero-order chi connectivity index (χ0) is 12.1. The van der Waals surface area contributed by atoms with Crippen LogP contribution in [0.25, 0.3) is 0 Å². The van der Waals surface area contributed by atoms with Crippen molar-refractivity contribution in [1.82, 2.24) is 14.8 Å². The molecule has 88 valence electrons. The summed E-state index contributed by atoms with van der Waals surface area (Å²) in [5.41, 5.74) is 1.65. The number of aromatic nitrogens is 3. The first kappa shape index (κ1) is 11.3. The molecule has 0 spiro atoms. The summed E-state index contributed by atoms with van der Waals surface area (Å²) in [6.07, 6.45) is 3.30. The SMILES string of the molecule is CCOC(=O)c1ccc(Cn2cnnc2)cc1. The van der Waals surface area contributed by atoms with Gasteiger partial charge in [0.2, 0.25) is 0 Å². The third-order valence-electron chi connectivity index (χ3n) is 2.30. The van der Waals surface area contributed by atoms with Crippen LogP contribution in [0.1, 0.15) is 22.8 Å². The third-order valence-corrected chi connectivity index (χ3v) is 2.30. The van der Waals surface area contributed by atoms with Crippen molar-refractivity contribution in [3.8, 4) is 0 Å². The van der Waals surface area contributed by atoms with Gasteiger partial charge in [0.1, 0.15) is 12.7 Å². The molecule has 2 rings (SSSR count). The van der Waals surface area contributed by atoms with Gasteiger partial charge < -0.3 is 9.30 Å². The number of benzene rings is 1. The normalized spacial score (nSPS) is 10.2. The highest BCUT2D eigenvalue weighted by Crippen LogP contribution is 2.07. The van der Waals surface area contributed by atoms with Crippen LogP contribution in [0.15, 0.2) is 36.9 Å². The van der Waals surface area contributed by atoms with Crippen LogP contribution in [-0.4, -0.2) is 27.3 Å². The molecular weight excluding hydrogens is 218 g/mol. The van der Waals surface area contributed by atoms with Crippen molar-refractivity contribution in [3.63, 3.8) is 0 Å². The van der Waals surface area contributed by atoms with E-state index in [9.17, 15) is 4.79 Å². The van der Waals surface area contributed by atoms with Crippen molar-refractivity contribution in [2.24, 2.45) is 0 Å². The highest BCUT2D eigenvalue weighted by molar-refractivity contribution is 5.89. The largest absolute Gasteiger partial charge is 0.462 e. The molecule has 0 aliphatic rings. The van der Waals surface area contributed by atoms with E-state index in [1.165, 1.54) is 0 Å². The van der Waals surface area contributed by atoms with E-state index in [2.05, 4.69) is 10.2 Å². The predicted molar refractivity (Wildman–Crippen MR) is 61.5 cm³/mol. The lowest BCUT2D eigenvalue weighted by Crippen LogP contribution is -2.05. The fraction of sp³-hybridized carbons (Fsp3) is 0.250. The van der Waals surface area contributed by atoms with Gasteiger partial charge in [-0.15, -0.1) is 10.2 Å². The van der Waals surface area contributed by atoms with Gasteiger partial charge in [0.25, 0.3) is 0 Å². The smallest absolute Gasteiger partial charge is 0.338 e. The topological polar surface area (TPSA) is 57.0 Å². The van der Waals surface area contributed by atoms with Crippen molar-refractivity contribution in [2.45, 2.75) is 13.5 Å². The highest BCUT2D eigenvalue weighted by Gasteiger charge is 2.05. The number of ether oxygens (including phenoxy) is 1. The number of nitrogens with zero attached hydrogens (tertiary/aromatic N) is 3. The minimum absolute atomic E-state index is 0.289. The Morgan fingerprint density at radius 2 is 1.88 bits per heavy atom. The summed E-state index contributed by atoms with van der Waals surface area (Å²) in [4.78, 5) is 11.4. The van der Waals surface area contributed by atoms with Crippen LogP contribution in [0.5, 0.6) is 0 Å². The first-order valence-electron chi connectivity index (χ1n) is 5.38. The van der Waals surface area contributed by atoms with Crippen molar-refractivity contribution in [1.29, 1.82) is 0 Å². The van der Waals surface area contributed by atoms with Crippen molar-refractivity contribution >= 4 is 5.97 Å². The van der Waals surface area contributed by atoms with E-state index in [4.69, 9.17) is 4.74 Å². The maximum absolute atomic E-state index is 11.4. The summed E-state index contributed by atoms with van der Waals surface area (Å²) in [7, 11) is 0. The fourth-order valence-electron chi connectivity index (χ4n) is 1.48. The minimum Gasteiger partial charge on any atom is -0.462 e. The molecule has 0 bridgehead atoms. The summed E-state index contributed by atoms with van der Waals surface area (Å²) in [5.74, 6) is -0.289. The predicted octanol–water partition coefficient (Wildman–Crippen LogP) is 1.50. The van der Waals surface area contributed by atoms with Crippen LogP contribution in [0, 0.1) is 0 Å². The van der Waals surface area contributed by atoms with E-state index in [0.717, 1.165) is 5.56 Å². The molecule has 0 saturated carbocycles. The Hall–Kier alpha value is -2.17. The Bertz CT molecular complexity index is 477. The lowest BCUT2D eigenvalue weighted by Gasteiger charge is -2.04. The van der Waals surface area contributed by atoms with Crippen molar-refractivity contribution in [2.75, 3.05) is 6.61 Å². The van der Waals surface area contributed by atoms with E-state index in [1.54, 1.807) is 31.7 Å². The summed E-state index contributed by atoms with van der Waals surface area (Å²) in [6, 6.07) is 7.31. The lowest BCUT2D eigenvalue weighted by molar-refractivity contribution is 0.0526. The maximum atomic E-state index is 11.4. The molecule has 5 heteroatoms. The van der Waals surface area contributed by atoms with Crippen LogP contribution in [0.3, 0.4) is 0 Å². The number of esters is 1. The van der Waals surface area contributed by atoms with E-state index in [-0.39, 0.29) is 5.97 Å². The van der Waals surface area contributed by atoms with Gasteiger partial charge in [-0.05, 0) is 24.6 Å². The number of carbonyl (C=O) groups excluding carboxylic acids is 1. The van der Waals surface area contributed by atoms with E-state index in [1.807, 2.05) is 16.7 Å². The molecular formula is C12H13N3O2. The lowest BCUT2D eigenvalue weighted by atomic mass is 10.1. The van der Waals surface area contributed by atoms with Gasteiger partial charge >= 0.3 is 5.97 Å². The Morgan fingerprint density at radius 1 is 1.24 bits per heavy atom. The Kier molecular flexibility index (Phi) is 3.49. The fourth-order valence-corrected chi connectivity index (χ4v) is 1.48. The molecule has 17 heavy (non-hydrogen) atoms. The molecule has 0 aliphatic carbocycles. The summed E-state index contributed by atoms with van der Waals surface area (Å²) < 4.78 is 6.77. The molecule has 0 unspecified atom stereocenters. The highest BCUT2D eigenvalue weighted by atomic mass is 16.5. The second-order valence-electron chi connectivity index (χ2n) is 3.55. The molecule has 0 fully saturated rings. The van der Waals surface area contributed by atoms with Gasteiger partial charge in [-0.1, -0.05) is 12.1 Å². The number of hydrogen-bond donors (Lipinski definition) is 0. The molecule has 0 N–H and O–H groups in total. The third kappa shape index (κ3) is 2.90. The zero-order valence-electron chi connectivity index (χ0n) is 9.54. The molecule has 0 atom stereocenters. The maximum Gasteiger partial charge on any atom is 0.338 e. The molecule has 1 aromatic carbocycles. The van der Waals surface area contributed by atoms with Gasteiger partial charge in [-0.2, -0.15) is 0 Å². The Balaban J connectivity index is 2.05. The number of rotatable bonds is 4. The molecule has 0 aliphatic heterocycles. The van der Waals surface area contributed by atoms with Gasteiger partial charge in [-0.25, -0.2) is 4.79 Å². The molecule has 2 aromatic rings. The second-order valence-corrected chi connectivity index (χ2v) is 3.55. The van der Waals surface area contributed by atoms with Gasteiger partial charge in [0, 0.05) is 6.54 Å². The molecule has 0 radical (unpaired) electrons. The molecule has 0 saturated heterocycles. The van der Waals surface area contributed by atoms with Crippen LogP contribution >= 0.6 is 0 Å². The summed E-state index contributed by atoms with van der Waals surface area (Å²) in [6.45, 7) is 2.87. The average molecular weight is 231 g/mol. The van der Waals surface area contributed by atoms with Crippen LogP contribution in [-0.2, 0) is 11.3 Å². The summed E-state index contributed by atoms with van der Waals surface area (Å²) in [5, 5.41) is 7.45. The van der Waals surface area contributed by atoms with Gasteiger partial charge in [0.15, 0.2) is 0 Å². The van der Waals surface area contributed by atoms with Gasteiger partial charge in [-0.3, -0.25) is 0 Å². The Labute approximate surface area is 99.1 Å². The van der Waals surface area contributed by atoms with Crippen LogP contribution in [0.2, 0.25) is 0 Å². The summed E-state index contributed by atoms with van der Waals surface area (Å²) >= 11 is 0. The van der Waals surface area contributed by atoms with Crippen molar-refractivity contribution < 1.29 is 9.53 Å². The van der Waals surface area contributed by atoms with Gasteiger partial charge in [0.05, 0.1) is 12.2 Å². The Morgan fingerprint density at radius 3 is 2.47 bits per heavy atom. The quantitative estimate of drug-likeness (QED) is 0.748. The minimum atomic E-state index is -0.289. The average Bonchev–Trinajstić information content (AvgIpc) is 2.83. The van der Waals surface area contributed by atoms with Crippen molar-refractivity contribution in [3.05, 3.63) is 48.0 Å². The monoisotopic (exact) mass is 231 g/mol. The first-order valence-corrected chi connectivity index (χ1v) is 5.38. The standard InChI is InChI=1S/C12H13N3O2/c1-2-17-12(16)11-5-3-10(4-6-11)7-15-8-13-14-9-15/h3-6,8-9H,2,7H2,1H3. The van der Waals surface area contributed by atoms with E-state index < -0.39 is 0 Å².